The van der Waals surface area contributed by atoms with E-state index < -0.39 is 19.6 Å². The Labute approximate surface area is 125 Å². The second-order valence-electron chi connectivity index (χ2n) is 4.60. The maximum Gasteiger partial charge on any atom is 0.349 e. The van der Waals surface area contributed by atoms with Crippen LogP contribution in [0.2, 0.25) is 0 Å². The van der Waals surface area contributed by atoms with Crippen LogP contribution in [0.1, 0.15) is 11.4 Å². The van der Waals surface area contributed by atoms with Crippen LogP contribution < -0.4 is 5.73 Å². The molecule has 0 aliphatic carbocycles. The largest absolute Gasteiger partial charge is 0.480 e. The Morgan fingerprint density at radius 2 is 1.86 bits per heavy atom. The van der Waals surface area contributed by atoms with Crippen LogP contribution in [0.15, 0.2) is 30.1 Å². The standard InChI is InChI=1S/C13H14N3O5P/c14-8(13(17)18)7-12-11(5-6-22(19,20)21)15-9-3-1-2-4-10(9)16-12/h1-6,8H,7,14H2,(H,17,18)(H2,19,20,21)/b6-5+. The number of para-hydroxylation sites is 2. The molecule has 0 saturated carbocycles. The molecule has 0 saturated heterocycles. The summed E-state index contributed by atoms with van der Waals surface area (Å²) in [5, 5.41) is 8.89. The number of aliphatic carboxylic acids is 1. The van der Waals surface area contributed by atoms with Crippen LogP contribution in [0.5, 0.6) is 0 Å². The quantitative estimate of drug-likeness (QED) is 0.589. The molecule has 0 radical (unpaired) electrons. The lowest BCUT2D eigenvalue weighted by Crippen LogP contribution is -2.33. The van der Waals surface area contributed by atoms with E-state index in [1.807, 2.05) is 0 Å². The van der Waals surface area contributed by atoms with E-state index in [9.17, 15) is 9.36 Å². The first kappa shape index (κ1) is 16.3. The molecule has 0 bridgehead atoms. The summed E-state index contributed by atoms with van der Waals surface area (Å²) in [5.41, 5.74) is 7.01. The van der Waals surface area contributed by atoms with E-state index in [-0.39, 0.29) is 17.8 Å². The van der Waals surface area contributed by atoms with Crippen LogP contribution in [0.3, 0.4) is 0 Å². The van der Waals surface area contributed by atoms with Gasteiger partial charge in [0, 0.05) is 12.2 Å². The third-order valence-corrected chi connectivity index (χ3v) is 3.37. The fourth-order valence-electron chi connectivity index (χ4n) is 1.80. The van der Waals surface area contributed by atoms with Gasteiger partial charge in [-0.3, -0.25) is 9.36 Å². The molecule has 1 aromatic heterocycles. The number of aromatic nitrogens is 2. The predicted octanol–water partition coefficient (Wildman–Crippen LogP) is 0.733. The maximum atomic E-state index is 11.0. The van der Waals surface area contributed by atoms with Crippen LogP contribution in [-0.4, -0.2) is 36.9 Å². The minimum atomic E-state index is -4.36. The predicted molar refractivity (Wildman–Crippen MR) is 79.9 cm³/mol. The summed E-state index contributed by atoms with van der Waals surface area (Å²) in [5.74, 6) is -0.499. The number of nitrogens with two attached hydrogens (primary N) is 1. The molecule has 0 spiro atoms. The van der Waals surface area contributed by atoms with E-state index in [1.54, 1.807) is 24.3 Å². The zero-order valence-electron chi connectivity index (χ0n) is 11.3. The summed E-state index contributed by atoms with van der Waals surface area (Å²) in [6.45, 7) is 0. The number of carbonyl (C=O) groups is 1. The van der Waals surface area contributed by atoms with E-state index >= 15 is 0 Å². The van der Waals surface area contributed by atoms with Gasteiger partial charge < -0.3 is 20.6 Å². The van der Waals surface area contributed by atoms with Gasteiger partial charge in [0.05, 0.1) is 22.4 Å². The SMILES string of the molecule is NC(Cc1nc2ccccc2nc1/C=C/P(=O)(O)O)C(=O)O. The van der Waals surface area contributed by atoms with Crippen molar-refractivity contribution in [3.8, 4) is 0 Å². The highest BCUT2D eigenvalue weighted by atomic mass is 31.2. The van der Waals surface area contributed by atoms with Crippen molar-refractivity contribution in [2.24, 2.45) is 5.73 Å². The molecule has 1 unspecified atom stereocenters. The first-order valence-electron chi connectivity index (χ1n) is 6.25. The summed E-state index contributed by atoms with van der Waals surface area (Å²) >= 11 is 0. The number of nitrogens with zero attached hydrogens (tertiary/aromatic N) is 2. The van der Waals surface area contributed by atoms with Crippen LogP contribution in [0.4, 0.5) is 0 Å². The monoisotopic (exact) mass is 323 g/mol. The van der Waals surface area contributed by atoms with E-state index in [1.165, 1.54) is 0 Å². The van der Waals surface area contributed by atoms with Gasteiger partial charge in [-0.25, -0.2) is 9.97 Å². The van der Waals surface area contributed by atoms with Gasteiger partial charge >= 0.3 is 13.6 Å². The highest BCUT2D eigenvalue weighted by Gasteiger charge is 2.17. The molecule has 1 heterocycles. The van der Waals surface area contributed by atoms with Crippen LogP contribution >= 0.6 is 7.60 Å². The normalized spacial score (nSPS) is 13.6. The van der Waals surface area contributed by atoms with Gasteiger partial charge in [-0.2, -0.15) is 0 Å². The number of hydrogen-bond acceptors (Lipinski definition) is 5. The number of carboxylic acids is 1. The van der Waals surface area contributed by atoms with Crippen LogP contribution in [-0.2, 0) is 15.8 Å². The number of fused-ring (bicyclic) bond motifs is 1. The third-order valence-electron chi connectivity index (χ3n) is 2.83. The second kappa shape index (κ2) is 6.33. The third kappa shape index (κ3) is 4.19. The Balaban J connectivity index is 2.52. The van der Waals surface area contributed by atoms with E-state index in [2.05, 4.69) is 9.97 Å². The van der Waals surface area contributed by atoms with Crippen LogP contribution in [0.25, 0.3) is 17.1 Å². The minimum Gasteiger partial charge on any atom is -0.480 e. The van der Waals surface area contributed by atoms with Gasteiger partial charge in [0.25, 0.3) is 0 Å². The molecule has 0 amide bonds. The molecule has 116 valence electrons. The van der Waals surface area contributed by atoms with E-state index in [4.69, 9.17) is 20.6 Å². The van der Waals surface area contributed by atoms with Crippen molar-refractivity contribution in [3.05, 3.63) is 41.5 Å². The summed E-state index contributed by atoms with van der Waals surface area (Å²) in [6, 6.07) is 5.71. The Morgan fingerprint density at radius 3 is 2.41 bits per heavy atom. The smallest absolute Gasteiger partial charge is 0.349 e. The fraction of sp³-hybridized carbons (Fsp3) is 0.154. The highest BCUT2D eigenvalue weighted by Crippen LogP contribution is 2.37. The zero-order chi connectivity index (χ0) is 16.3. The molecule has 0 aliphatic heterocycles. The molecule has 8 nitrogen and oxygen atoms in total. The summed E-state index contributed by atoms with van der Waals surface area (Å²) in [6.07, 6.45) is 1.03. The molecule has 2 aromatic rings. The Morgan fingerprint density at radius 1 is 1.27 bits per heavy atom. The number of rotatable bonds is 5. The lowest BCUT2D eigenvalue weighted by atomic mass is 10.1. The van der Waals surface area contributed by atoms with E-state index in [0.717, 1.165) is 6.08 Å². The van der Waals surface area contributed by atoms with Crippen molar-refractivity contribution >= 4 is 30.7 Å². The topological polar surface area (TPSA) is 147 Å². The van der Waals surface area contributed by atoms with Gasteiger partial charge in [-0.05, 0) is 18.2 Å². The first-order valence-corrected chi connectivity index (χ1v) is 7.93. The van der Waals surface area contributed by atoms with Crippen molar-refractivity contribution in [2.45, 2.75) is 12.5 Å². The molecule has 1 aromatic carbocycles. The first-order chi connectivity index (χ1) is 10.3. The molecule has 1 atom stereocenters. The Hall–Kier alpha value is -2.12. The van der Waals surface area contributed by atoms with E-state index in [0.29, 0.717) is 16.9 Å². The molecule has 22 heavy (non-hydrogen) atoms. The van der Waals surface area contributed by atoms with Gasteiger partial charge in [0.2, 0.25) is 0 Å². The van der Waals surface area contributed by atoms with Crippen LogP contribution in [0, 0.1) is 0 Å². The van der Waals surface area contributed by atoms with Gasteiger partial charge in [-0.15, -0.1) is 0 Å². The lowest BCUT2D eigenvalue weighted by molar-refractivity contribution is -0.138. The van der Waals surface area contributed by atoms with Gasteiger partial charge in [-0.1, -0.05) is 12.1 Å². The molecule has 0 aliphatic rings. The minimum absolute atomic E-state index is 0.103. The Kier molecular flexibility index (Phi) is 4.68. The second-order valence-corrected chi connectivity index (χ2v) is 6.07. The fourth-order valence-corrected chi connectivity index (χ4v) is 2.13. The molecule has 5 N–H and O–H groups in total. The highest BCUT2D eigenvalue weighted by molar-refractivity contribution is 7.55. The summed E-state index contributed by atoms with van der Waals surface area (Å²) in [4.78, 5) is 37.2. The van der Waals surface area contributed by atoms with Crippen molar-refractivity contribution in [1.82, 2.24) is 9.97 Å². The van der Waals surface area contributed by atoms with Crippen molar-refractivity contribution in [2.75, 3.05) is 0 Å². The Bertz CT molecular complexity index is 786. The molecule has 2 rings (SSSR count). The summed E-state index contributed by atoms with van der Waals surface area (Å²) in [7, 11) is -4.36. The average Bonchev–Trinajstić information content (AvgIpc) is 2.44. The molecular weight excluding hydrogens is 309 g/mol. The number of carboxylic acid groups (broad SMARTS) is 1. The zero-order valence-corrected chi connectivity index (χ0v) is 12.2. The average molecular weight is 323 g/mol. The number of benzene rings is 1. The maximum absolute atomic E-state index is 11.0. The van der Waals surface area contributed by atoms with Crippen molar-refractivity contribution < 1.29 is 24.3 Å². The lowest BCUT2D eigenvalue weighted by Gasteiger charge is -2.10. The van der Waals surface area contributed by atoms with Gasteiger partial charge in [0.15, 0.2) is 0 Å². The van der Waals surface area contributed by atoms with Crippen molar-refractivity contribution in [3.63, 3.8) is 0 Å². The molecular formula is C13H14N3O5P. The van der Waals surface area contributed by atoms with Crippen molar-refractivity contribution in [1.29, 1.82) is 0 Å². The molecule has 9 heteroatoms. The number of hydrogen-bond donors (Lipinski definition) is 4. The molecule has 0 fully saturated rings. The van der Waals surface area contributed by atoms with Gasteiger partial charge in [0.1, 0.15) is 6.04 Å². The summed E-state index contributed by atoms with van der Waals surface area (Å²) < 4.78 is 11.0.